The number of hydrogen-bond acceptors (Lipinski definition) is 3. The van der Waals surface area contributed by atoms with Crippen LogP contribution in [0.4, 0.5) is 0 Å². The lowest BCUT2D eigenvalue weighted by molar-refractivity contribution is 0.270. The second-order valence-corrected chi connectivity index (χ2v) is 3.62. The topological polar surface area (TPSA) is 44.8 Å². The molecule has 0 bridgehead atoms. The third-order valence-electron chi connectivity index (χ3n) is 2.54. The lowest BCUT2D eigenvalue weighted by Gasteiger charge is -2.17. The predicted molar refractivity (Wildman–Crippen MR) is 50.1 cm³/mol. The van der Waals surface area contributed by atoms with Crippen LogP contribution in [0.15, 0.2) is 6.33 Å². The van der Waals surface area contributed by atoms with Gasteiger partial charge in [-0.25, -0.2) is 4.98 Å². The molecule has 1 N–H and O–H groups in total. The summed E-state index contributed by atoms with van der Waals surface area (Å²) in [6, 6.07) is 0. The van der Waals surface area contributed by atoms with Crippen molar-refractivity contribution < 1.29 is 0 Å². The fraction of sp³-hybridized carbons (Fsp3) is 0.778. The van der Waals surface area contributed by atoms with E-state index < -0.39 is 0 Å². The third kappa shape index (κ3) is 2.52. The van der Waals surface area contributed by atoms with E-state index in [0.29, 0.717) is 0 Å². The molecule has 0 spiro atoms. The average molecular weight is 180 g/mol. The molecule has 72 valence electrons. The number of aromatic nitrogens is 3. The maximum absolute atomic E-state index is 4.13. The molecular weight excluding hydrogens is 164 g/mol. The monoisotopic (exact) mass is 180 g/mol. The Labute approximate surface area is 78.4 Å². The number of hydrogen-bond donors (Lipinski definition) is 1. The fourth-order valence-corrected chi connectivity index (χ4v) is 1.81. The molecule has 4 heteroatoms. The van der Waals surface area contributed by atoms with Gasteiger partial charge < -0.3 is 0 Å². The SMILES string of the molecule is c1n[nH]c(CN2CCCCCC2)n1. The summed E-state index contributed by atoms with van der Waals surface area (Å²) < 4.78 is 0. The molecule has 1 saturated heterocycles. The van der Waals surface area contributed by atoms with Gasteiger partial charge in [0.1, 0.15) is 12.2 Å². The van der Waals surface area contributed by atoms with Crippen LogP contribution in [0.5, 0.6) is 0 Å². The summed E-state index contributed by atoms with van der Waals surface area (Å²) in [6.07, 6.45) is 7.00. The molecule has 13 heavy (non-hydrogen) atoms. The first-order valence-corrected chi connectivity index (χ1v) is 5.02. The highest BCUT2D eigenvalue weighted by Crippen LogP contribution is 2.10. The molecule has 0 aliphatic carbocycles. The van der Waals surface area contributed by atoms with Crippen LogP contribution in [-0.2, 0) is 6.54 Å². The largest absolute Gasteiger partial charge is 0.296 e. The predicted octanol–water partition coefficient (Wildman–Crippen LogP) is 1.18. The molecule has 1 aliphatic heterocycles. The Balaban J connectivity index is 1.86. The van der Waals surface area contributed by atoms with Crippen LogP contribution in [0.1, 0.15) is 31.5 Å². The minimum atomic E-state index is 0.931. The third-order valence-corrected chi connectivity index (χ3v) is 2.54. The van der Waals surface area contributed by atoms with Crippen LogP contribution >= 0.6 is 0 Å². The van der Waals surface area contributed by atoms with E-state index in [0.717, 1.165) is 12.4 Å². The molecule has 0 atom stereocenters. The van der Waals surface area contributed by atoms with Gasteiger partial charge in [0.15, 0.2) is 0 Å². The van der Waals surface area contributed by atoms with Crippen molar-refractivity contribution in [3.05, 3.63) is 12.2 Å². The average Bonchev–Trinajstić information content (AvgIpc) is 2.49. The quantitative estimate of drug-likeness (QED) is 0.743. The second-order valence-electron chi connectivity index (χ2n) is 3.62. The number of H-pyrrole nitrogens is 1. The zero-order valence-electron chi connectivity index (χ0n) is 7.87. The summed E-state index contributed by atoms with van der Waals surface area (Å²) >= 11 is 0. The van der Waals surface area contributed by atoms with Crippen LogP contribution in [0.2, 0.25) is 0 Å². The zero-order valence-corrected chi connectivity index (χ0v) is 7.87. The van der Waals surface area contributed by atoms with Gasteiger partial charge in [0, 0.05) is 0 Å². The van der Waals surface area contributed by atoms with E-state index in [4.69, 9.17) is 0 Å². The Morgan fingerprint density at radius 3 is 2.62 bits per heavy atom. The summed E-state index contributed by atoms with van der Waals surface area (Å²) in [4.78, 5) is 6.58. The highest BCUT2D eigenvalue weighted by atomic mass is 15.2. The second kappa shape index (κ2) is 4.37. The van der Waals surface area contributed by atoms with Crippen LogP contribution in [0.25, 0.3) is 0 Å². The van der Waals surface area contributed by atoms with Crippen LogP contribution in [-0.4, -0.2) is 33.2 Å². The van der Waals surface area contributed by atoms with Gasteiger partial charge >= 0.3 is 0 Å². The van der Waals surface area contributed by atoms with Crippen LogP contribution in [0, 0.1) is 0 Å². The molecule has 2 heterocycles. The summed E-state index contributed by atoms with van der Waals surface area (Å²) in [5.41, 5.74) is 0. The van der Waals surface area contributed by atoms with E-state index in [-0.39, 0.29) is 0 Å². The Bertz CT molecular complexity index is 224. The van der Waals surface area contributed by atoms with Gasteiger partial charge in [0.05, 0.1) is 6.54 Å². The molecule has 0 unspecified atom stereocenters. The number of rotatable bonds is 2. The number of nitrogens with zero attached hydrogens (tertiary/aromatic N) is 3. The Morgan fingerprint density at radius 2 is 2.00 bits per heavy atom. The lowest BCUT2D eigenvalue weighted by atomic mass is 10.2. The molecule has 0 saturated carbocycles. The van der Waals surface area contributed by atoms with Crippen molar-refractivity contribution in [1.29, 1.82) is 0 Å². The Hall–Kier alpha value is -0.900. The number of nitrogens with one attached hydrogen (secondary N) is 1. The first kappa shape index (κ1) is 8.69. The van der Waals surface area contributed by atoms with Gasteiger partial charge in [0.2, 0.25) is 0 Å². The molecular formula is C9H16N4. The van der Waals surface area contributed by atoms with E-state index in [1.165, 1.54) is 38.8 Å². The lowest BCUT2D eigenvalue weighted by Crippen LogP contribution is -2.24. The molecule has 0 amide bonds. The maximum Gasteiger partial charge on any atom is 0.138 e. The van der Waals surface area contributed by atoms with Gasteiger partial charge in [-0.2, -0.15) is 5.10 Å². The molecule has 4 nitrogen and oxygen atoms in total. The van der Waals surface area contributed by atoms with E-state index in [1.54, 1.807) is 6.33 Å². The van der Waals surface area contributed by atoms with Crippen molar-refractivity contribution >= 4 is 0 Å². The van der Waals surface area contributed by atoms with Crippen LogP contribution < -0.4 is 0 Å². The molecule has 1 aromatic heterocycles. The van der Waals surface area contributed by atoms with Crippen LogP contribution in [0.3, 0.4) is 0 Å². The fourth-order valence-electron chi connectivity index (χ4n) is 1.81. The smallest absolute Gasteiger partial charge is 0.138 e. The van der Waals surface area contributed by atoms with E-state index in [1.807, 2.05) is 0 Å². The highest BCUT2D eigenvalue weighted by molar-refractivity contribution is 4.80. The zero-order chi connectivity index (χ0) is 8.93. The van der Waals surface area contributed by atoms with E-state index >= 15 is 0 Å². The van der Waals surface area contributed by atoms with Gasteiger partial charge in [-0.15, -0.1) is 0 Å². The molecule has 1 aromatic rings. The maximum atomic E-state index is 4.13. The normalized spacial score (nSPS) is 20.0. The van der Waals surface area contributed by atoms with Crippen molar-refractivity contribution in [2.75, 3.05) is 13.1 Å². The summed E-state index contributed by atoms with van der Waals surface area (Å²) in [7, 11) is 0. The van der Waals surface area contributed by atoms with Gasteiger partial charge in [-0.1, -0.05) is 12.8 Å². The standard InChI is InChI=1S/C9H16N4/c1-2-4-6-13(5-3-1)7-9-10-8-11-12-9/h8H,1-7H2,(H,10,11,12). The van der Waals surface area contributed by atoms with Crippen molar-refractivity contribution in [3.63, 3.8) is 0 Å². The summed E-state index contributed by atoms with van der Waals surface area (Å²) in [5.74, 6) is 0.988. The van der Waals surface area contributed by atoms with Gasteiger partial charge in [0.25, 0.3) is 0 Å². The number of likely N-dealkylation sites (tertiary alicyclic amines) is 1. The summed E-state index contributed by atoms with van der Waals surface area (Å²) in [6.45, 7) is 3.35. The summed E-state index contributed by atoms with van der Waals surface area (Å²) in [5, 5.41) is 6.75. The molecule has 1 aliphatic rings. The Morgan fingerprint density at radius 1 is 1.23 bits per heavy atom. The minimum Gasteiger partial charge on any atom is -0.296 e. The van der Waals surface area contributed by atoms with Crippen molar-refractivity contribution in [3.8, 4) is 0 Å². The van der Waals surface area contributed by atoms with E-state index in [9.17, 15) is 0 Å². The van der Waals surface area contributed by atoms with Gasteiger partial charge in [-0.05, 0) is 25.9 Å². The first-order valence-electron chi connectivity index (χ1n) is 5.02. The first-order chi connectivity index (χ1) is 6.45. The molecule has 0 aromatic carbocycles. The molecule has 1 fully saturated rings. The van der Waals surface area contributed by atoms with Gasteiger partial charge in [-0.3, -0.25) is 10.00 Å². The van der Waals surface area contributed by atoms with E-state index in [2.05, 4.69) is 20.1 Å². The van der Waals surface area contributed by atoms with Crippen molar-refractivity contribution in [2.24, 2.45) is 0 Å². The molecule has 2 rings (SSSR count). The minimum absolute atomic E-state index is 0.931. The molecule has 0 radical (unpaired) electrons. The Kier molecular flexibility index (Phi) is 2.92. The van der Waals surface area contributed by atoms with Crippen molar-refractivity contribution in [1.82, 2.24) is 20.1 Å². The van der Waals surface area contributed by atoms with Crippen molar-refractivity contribution in [2.45, 2.75) is 32.2 Å². The number of aromatic amines is 1. The highest BCUT2D eigenvalue weighted by Gasteiger charge is 2.10.